The molecule has 2 bridgehead atoms. The topological polar surface area (TPSA) is 154 Å². The van der Waals surface area contributed by atoms with E-state index in [1.54, 1.807) is 41.4 Å². The Morgan fingerprint density at radius 3 is 2.30 bits per heavy atom. The summed E-state index contributed by atoms with van der Waals surface area (Å²) in [5.74, 6) is -1.22. The lowest BCUT2D eigenvalue weighted by Crippen LogP contribution is -2.59. The van der Waals surface area contributed by atoms with Gasteiger partial charge in [-0.25, -0.2) is 0 Å². The molecule has 3 aromatic heterocycles. The Balaban J connectivity index is 1.11. The Labute approximate surface area is 248 Å². The van der Waals surface area contributed by atoms with Crippen LogP contribution in [0.25, 0.3) is 22.2 Å². The zero-order valence-electron chi connectivity index (χ0n) is 24.2. The second-order valence-corrected chi connectivity index (χ2v) is 12.3. The van der Waals surface area contributed by atoms with Gasteiger partial charge in [-0.2, -0.15) is 0 Å². The molecule has 4 amide bonds. The van der Waals surface area contributed by atoms with Crippen molar-refractivity contribution in [1.82, 2.24) is 30.1 Å². The van der Waals surface area contributed by atoms with Gasteiger partial charge < -0.3 is 25.8 Å². The number of amides is 4. The van der Waals surface area contributed by atoms with Gasteiger partial charge in [0.15, 0.2) is 0 Å². The predicted molar refractivity (Wildman–Crippen MR) is 160 cm³/mol. The fourth-order valence-corrected chi connectivity index (χ4v) is 5.93. The number of aromatic nitrogens is 3. The number of aromatic amines is 1. The number of nitrogens with zero attached hydrogens (tertiary/aromatic N) is 4. The number of rotatable bonds is 6. The van der Waals surface area contributed by atoms with E-state index in [0.29, 0.717) is 47.7 Å². The van der Waals surface area contributed by atoms with E-state index in [9.17, 15) is 19.2 Å². The third kappa shape index (κ3) is 5.33. The standard InChI is InChI=1S/C32H33N7O4/c1-32(2,3)27(37-29(41)26-12-18-6-4-5-7-24(18)36-26)31(43)39-17-21-13-22(39)16-38(21)30(42)25-11-8-19(14-35-25)23-10-9-20(15-34-23)28(33)40/h4-12,14-15,21-22,27,36H,13,16-17H2,1-3H3,(H2,33,40)(H,37,41)/t21-,22-,27+/m0/s1. The first-order chi connectivity index (χ1) is 20.5. The number of nitrogens with one attached hydrogen (secondary N) is 2. The summed E-state index contributed by atoms with van der Waals surface area (Å²) in [6, 6.07) is 15.1. The molecule has 0 radical (unpaired) electrons. The van der Waals surface area contributed by atoms with Crippen molar-refractivity contribution in [3.63, 3.8) is 0 Å². The molecule has 0 spiro atoms. The minimum Gasteiger partial charge on any atom is -0.366 e. The number of primary amides is 1. The maximum Gasteiger partial charge on any atom is 0.272 e. The van der Waals surface area contributed by atoms with Crippen molar-refractivity contribution in [2.45, 2.75) is 45.3 Å². The summed E-state index contributed by atoms with van der Waals surface area (Å²) in [5.41, 5.74) is 7.93. The first kappa shape index (κ1) is 28.1. The number of pyridine rings is 2. The Morgan fingerprint density at radius 1 is 0.953 bits per heavy atom. The Kier molecular flexibility index (Phi) is 6.95. The maximum atomic E-state index is 13.9. The van der Waals surface area contributed by atoms with Gasteiger partial charge in [0.1, 0.15) is 17.4 Å². The van der Waals surface area contributed by atoms with E-state index in [0.717, 1.165) is 10.9 Å². The molecule has 4 N–H and O–H groups in total. The summed E-state index contributed by atoms with van der Waals surface area (Å²) in [4.78, 5) is 67.1. The molecule has 3 atom stereocenters. The first-order valence-corrected chi connectivity index (χ1v) is 14.2. The SMILES string of the molecule is CC(C)(C)[C@H](NC(=O)c1cc2ccccc2[nH]1)C(=O)N1C[C@@H]2C[C@H]1CN2C(=O)c1ccc(-c2ccc(C(N)=O)cn2)cn1. The van der Waals surface area contributed by atoms with Gasteiger partial charge in [0.05, 0.1) is 23.3 Å². The number of para-hydroxylation sites is 1. The van der Waals surface area contributed by atoms with Gasteiger partial charge in [0.2, 0.25) is 11.8 Å². The summed E-state index contributed by atoms with van der Waals surface area (Å²) in [5, 5.41) is 3.90. The molecule has 0 unspecified atom stereocenters. The number of benzene rings is 1. The van der Waals surface area contributed by atoms with Crippen LogP contribution in [0, 0.1) is 5.41 Å². The highest BCUT2D eigenvalue weighted by molar-refractivity contribution is 6.00. The summed E-state index contributed by atoms with van der Waals surface area (Å²) in [7, 11) is 0. The van der Waals surface area contributed by atoms with Crippen LogP contribution in [0.5, 0.6) is 0 Å². The van der Waals surface area contributed by atoms with Crippen LogP contribution in [0.15, 0.2) is 67.0 Å². The quantitative estimate of drug-likeness (QED) is 0.319. The summed E-state index contributed by atoms with van der Waals surface area (Å²) < 4.78 is 0. The van der Waals surface area contributed by atoms with E-state index in [-0.39, 0.29) is 29.8 Å². The minimum atomic E-state index is -0.741. The largest absolute Gasteiger partial charge is 0.366 e. The lowest BCUT2D eigenvalue weighted by atomic mass is 9.85. The second kappa shape index (κ2) is 10.6. The minimum absolute atomic E-state index is 0.129. The molecule has 220 valence electrons. The smallest absolute Gasteiger partial charge is 0.272 e. The molecule has 5 heterocycles. The van der Waals surface area contributed by atoms with Crippen molar-refractivity contribution >= 4 is 34.5 Å². The zero-order chi connectivity index (χ0) is 30.5. The molecule has 1 aromatic carbocycles. The average molecular weight is 580 g/mol. The van der Waals surface area contributed by atoms with Gasteiger partial charge in [-0.1, -0.05) is 39.0 Å². The second-order valence-electron chi connectivity index (χ2n) is 12.3. The molecule has 0 aliphatic carbocycles. The monoisotopic (exact) mass is 579 g/mol. The van der Waals surface area contributed by atoms with Crippen molar-refractivity contribution in [2.75, 3.05) is 13.1 Å². The van der Waals surface area contributed by atoms with Gasteiger partial charge in [-0.3, -0.25) is 29.1 Å². The van der Waals surface area contributed by atoms with Crippen LogP contribution in [0.4, 0.5) is 0 Å². The number of likely N-dealkylation sites (tertiary alicyclic amines) is 2. The van der Waals surface area contributed by atoms with Crippen molar-refractivity contribution in [2.24, 2.45) is 11.1 Å². The highest BCUT2D eigenvalue weighted by Crippen LogP contribution is 2.34. The fourth-order valence-electron chi connectivity index (χ4n) is 5.93. The van der Waals surface area contributed by atoms with Gasteiger partial charge in [0, 0.05) is 41.9 Å². The number of carbonyl (C=O) groups is 4. The van der Waals surface area contributed by atoms with Crippen molar-refractivity contribution < 1.29 is 19.2 Å². The molecular weight excluding hydrogens is 546 g/mol. The summed E-state index contributed by atoms with van der Waals surface area (Å²) in [6.07, 6.45) is 3.66. The number of carbonyl (C=O) groups excluding carboxylic acids is 4. The number of H-pyrrole nitrogens is 1. The van der Waals surface area contributed by atoms with Crippen LogP contribution >= 0.6 is 0 Å². The van der Waals surface area contributed by atoms with Crippen molar-refractivity contribution in [1.29, 1.82) is 0 Å². The Hall–Kier alpha value is -5.06. The molecule has 43 heavy (non-hydrogen) atoms. The lowest BCUT2D eigenvalue weighted by molar-refractivity contribution is -0.138. The molecule has 4 aromatic rings. The summed E-state index contributed by atoms with van der Waals surface area (Å²) >= 11 is 0. The van der Waals surface area contributed by atoms with Gasteiger partial charge in [-0.15, -0.1) is 0 Å². The number of piperazine rings is 1. The number of nitrogens with two attached hydrogens (primary N) is 1. The summed E-state index contributed by atoms with van der Waals surface area (Å²) in [6.45, 7) is 6.60. The molecule has 6 rings (SSSR count). The third-order valence-electron chi connectivity index (χ3n) is 8.27. The van der Waals surface area contributed by atoms with E-state index in [2.05, 4.69) is 20.3 Å². The van der Waals surface area contributed by atoms with Gasteiger partial charge in [0.25, 0.3) is 11.8 Å². The van der Waals surface area contributed by atoms with E-state index in [1.165, 1.54) is 6.20 Å². The first-order valence-electron chi connectivity index (χ1n) is 14.2. The van der Waals surface area contributed by atoms with E-state index >= 15 is 0 Å². The number of hydrogen-bond donors (Lipinski definition) is 3. The molecule has 2 saturated heterocycles. The molecule has 11 nitrogen and oxygen atoms in total. The van der Waals surface area contributed by atoms with Gasteiger partial charge >= 0.3 is 0 Å². The zero-order valence-corrected chi connectivity index (χ0v) is 24.2. The van der Waals surface area contributed by atoms with Crippen LogP contribution in [-0.4, -0.2) is 79.6 Å². The van der Waals surface area contributed by atoms with Crippen LogP contribution < -0.4 is 11.1 Å². The Morgan fingerprint density at radius 2 is 1.70 bits per heavy atom. The van der Waals surface area contributed by atoms with Crippen LogP contribution in [-0.2, 0) is 4.79 Å². The van der Waals surface area contributed by atoms with Crippen molar-refractivity contribution in [3.05, 3.63) is 83.9 Å². The highest BCUT2D eigenvalue weighted by atomic mass is 16.2. The van der Waals surface area contributed by atoms with Gasteiger partial charge in [-0.05, 0) is 48.2 Å². The lowest BCUT2D eigenvalue weighted by Gasteiger charge is -2.39. The molecule has 11 heteroatoms. The third-order valence-corrected chi connectivity index (χ3v) is 8.27. The average Bonchev–Trinajstić information content (AvgIpc) is 3.73. The highest BCUT2D eigenvalue weighted by Gasteiger charge is 2.50. The molecular formula is C32H33N7O4. The maximum absolute atomic E-state index is 13.9. The fraction of sp³-hybridized carbons (Fsp3) is 0.312. The molecule has 2 aliphatic rings. The number of fused-ring (bicyclic) bond motifs is 3. The normalized spacial score (nSPS) is 18.6. The van der Waals surface area contributed by atoms with Crippen LogP contribution in [0.3, 0.4) is 0 Å². The van der Waals surface area contributed by atoms with E-state index in [1.807, 2.05) is 49.9 Å². The van der Waals surface area contributed by atoms with Crippen LogP contribution in [0.2, 0.25) is 0 Å². The van der Waals surface area contributed by atoms with Crippen molar-refractivity contribution in [3.8, 4) is 11.3 Å². The predicted octanol–water partition coefficient (Wildman–Crippen LogP) is 2.99. The molecule has 2 fully saturated rings. The Bertz CT molecular complexity index is 1690. The molecule has 2 aliphatic heterocycles. The van der Waals surface area contributed by atoms with Crippen LogP contribution in [0.1, 0.15) is 58.5 Å². The van der Waals surface area contributed by atoms with E-state index in [4.69, 9.17) is 5.73 Å². The number of hydrogen-bond acceptors (Lipinski definition) is 6. The molecule has 0 saturated carbocycles. The van der Waals surface area contributed by atoms with E-state index < -0.39 is 17.4 Å².